The van der Waals surface area contributed by atoms with Gasteiger partial charge in [-0.25, -0.2) is 0 Å². The molecule has 0 bridgehead atoms. The van der Waals surface area contributed by atoms with Crippen LogP contribution in [-0.2, 0) is 4.79 Å². The van der Waals surface area contributed by atoms with Gasteiger partial charge in [0.2, 0.25) is 5.91 Å². The molecule has 0 aromatic heterocycles. The second-order valence-corrected chi connectivity index (χ2v) is 3.77. The average molecular weight is 197 g/mol. The molecule has 0 aliphatic carbocycles. The van der Waals surface area contributed by atoms with Gasteiger partial charge >= 0.3 is 0 Å². The lowest BCUT2D eigenvalue weighted by Gasteiger charge is -1.99. The standard InChI is InChI=1S/C12H23NO/c1-2-3-4-5-6-7-8-9-10-11-12(13)14/h2H,1,3-11H2,(H2,13,14). The molecule has 0 rings (SSSR count). The molecular weight excluding hydrogens is 174 g/mol. The highest BCUT2D eigenvalue weighted by Crippen LogP contribution is 2.09. The van der Waals surface area contributed by atoms with Crippen LogP contribution in [0.5, 0.6) is 0 Å². The number of amides is 1. The fourth-order valence-electron chi connectivity index (χ4n) is 1.47. The lowest BCUT2D eigenvalue weighted by atomic mass is 10.1. The zero-order chi connectivity index (χ0) is 10.6. The van der Waals surface area contributed by atoms with Crippen LogP contribution < -0.4 is 5.73 Å². The van der Waals surface area contributed by atoms with Crippen molar-refractivity contribution in [2.45, 2.75) is 57.8 Å². The van der Waals surface area contributed by atoms with E-state index in [-0.39, 0.29) is 5.91 Å². The maximum atomic E-state index is 10.4. The Bertz CT molecular complexity index is 154. The van der Waals surface area contributed by atoms with Crippen molar-refractivity contribution in [2.24, 2.45) is 5.73 Å². The lowest BCUT2D eigenvalue weighted by Crippen LogP contribution is -2.09. The first-order chi connectivity index (χ1) is 6.77. The Balaban J connectivity index is 2.92. The SMILES string of the molecule is C=CCCCCCCCCCC(N)=O. The first-order valence-corrected chi connectivity index (χ1v) is 5.66. The molecule has 14 heavy (non-hydrogen) atoms. The summed E-state index contributed by atoms with van der Waals surface area (Å²) in [5, 5.41) is 0. The summed E-state index contributed by atoms with van der Waals surface area (Å²) >= 11 is 0. The van der Waals surface area contributed by atoms with Gasteiger partial charge in [-0.05, 0) is 19.3 Å². The van der Waals surface area contributed by atoms with Gasteiger partial charge in [-0.2, -0.15) is 0 Å². The van der Waals surface area contributed by atoms with Crippen LogP contribution in [0.4, 0.5) is 0 Å². The van der Waals surface area contributed by atoms with Gasteiger partial charge in [-0.1, -0.05) is 38.2 Å². The maximum Gasteiger partial charge on any atom is 0.217 e. The predicted molar refractivity (Wildman–Crippen MR) is 60.9 cm³/mol. The molecule has 0 atom stereocenters. The molecule has 0 aliphatic heterocycles. The van der Waals surface area contributed by atoms with Crippen LogP contribution in [-0.4, -0.2) is 5.91 Å². The van der Waals surface area contributed by atoms with Gasteiger partial charge in [0, 0.05) is 6.42 Å². The fourth-order valence-corrected chi connectivity index (χ4v) is 1.47. The number of carbonyl (C=O) groups is 1. The van der Waals surface area contributed by atoms with Crippen molar-refractivity contribution < 1.29 is 4.79 Å². The molecule has 0 fully saturated rings. The van der Waals surface area contributed by atoms with E-state index in [4.69, 9.17) is 5.73 Å². The topological polar surface area (TPSA) is 43.1 Å². The van der Waals surface area contributed by atoms with E-state index in [1.54, 1.807) is 0 Å². The third-order valence-electron chi connectivity index (χ3n) is 2.33. The number of carbonyl (C=O) groups excluding carboxylic acids is 1. The molecule has 0 saturated carbocycles. The molecule has 2 nitrogen and oxygen atoms in total. The number of unbranched alkanes of at least 4 members (excludes halogenated alkanes) is 7. The van der Waals surface area contributed by atoms with E-state index in [0.717, 1.165) is 19.3 Å². The highest BCUT2D eigenvalue weighted by atomic mass is 16.1. The molecule has 0 spiro atoms. The first-order valence-electron chi connectivity index (χ1n) is 5.66. The molecule has 2 heteroatoms. The van der Waals surface area contributed by atoms with Crippen LogP contribution in [0, 0.1) is 0 Å². The summed E-state index contributed by atoms with van der Waals surface area (Å²) in [5.41, 5.74) is 5.04. The number of hydrogen-bond donors (Lipinski definition) is 1. The van der Waals surface area contributed by atoms with E-state index in [2.05, 4.69) is 6.58 Å². The van der Waals surface area contributed by atoms with Gasteiger partial charge in [0.05, 0.1) is 0 Å². The van der Waals surface area contributed by atoms with Crippen LogP contribution in [0.1, 0.15) is 57.8 Å². The van der Waals surface area contributed by atoms with Crippen LogP contribution >= 0.6 is 0 Å². The van der Waals surface area contributed by atoms with Gasteiger partial charge in [-0.15, -0.1) is 6.58 Å². The summed E-state index contributed by atoms with van der Waals surface area (Å²) in [4.78, 5) is 10.4. The summed E-state index contributed by atoms with van der Waals surface area (Å²) in [5.74, 6) is -0.170. The minimum atomic E-state index is -0.170. The van der Waals surface area contributed by atoms with Gasteiger partial charge in [0.15, 0.2) is 0 Å². The van der Waals surface area contributed by atoms with E-state index in [1.165, 1.54) is 32.1 Å². The Hall–Kier alpha value is -0.790. The summed E-state index contributed by atoms with van der Waals surface area (Å²) in [6, 6.07) is 0. The van der Waals surface area contributed by atoms with Gasteiger partial charge in [0.1, 0.15) is 0 Å². The minimum absolute atomic E-state index is 0.170. The molecule has 0 heterocycles. The van der Waals surface area contributed by atoms with E-state index < -0.39 is 0 Å². The van der Waals surface area contributed by atoms with Crippen LogP contribution in [0.3, 0.4) is 0 Å². The second kappa shape index (κ2) is 10.3. The third kappa shape index (κ3) is 11.2. The quantitative estimate of drug-likeness (QED) is 0.424. The van der Waals surface area contributed by atoms with E-state index >= 15 is 0 Å². The van der Waals surface area contributed by atoms with Crippen molar-refractivity contribution in [1.82, 2.24) is 0 Å². The smallest absolute Gasteiger partial charge is 0.217 e. The second-order valence-electron chi connectivity index (χ2n) is 3.77. The van der Waals surface area contributed by atoms with Gasteiger partial charge < -0.3 is 5.73 Å². The number of rotatable bonds is 10. The summed E-state index contributed by atoms with van der Waals surface area (Å²) < 4.78 is 0. The minimum Gasteiger partial charge on any atom is -0.370 e. The first kappa shape index (κ1) is 13.2. The molecule has 1 amide bonds. The highest BCUT2D eigenvalue weighted by Gasteiger charge is 1.94. The summed E-state index contributed by atoms with van der Waals surface area (Å²) in [6.07, 6.45) is 12.2. The van der Waals surface area contributed by atoms with Crippen molar-refractivity contribution in [3.8, 4) is 0 Å². The molecule has 0 aliphatic rings. The van der Waals surface area contributed by atoms with Gasteiger partial charge in [-0.3, -0.25) is 4.79 Å². The van der Waals surface area contributed by atoms with E-state index in [0.29, 0.717) is 6.42 Å². The third-order valence-corrected chi connectivity index (χ3v) is 2.33. The Morgan fingerprint density at radius 2 is 1.50 bits per heavy atom. The Labute approximate surface area is 87.6 Å². The average Bonchev–Trinajstić information content (AvgIpc) is 2.15. The lowest BCUT2D eigenvalue weighted by molar-refractivity contribution is -0.118. The monoisotopic (exact) mass is 197 g/mol. The number of allylic oxidation sites excluding steroid dienone is 1. The van der Waals surface area contributed by atoms with E-state index in [1.807, 2.05) is 6.08 Å². The fraction of sp³-hybridized carbons (Fsp3) is 0.750. The van der Waals surface area contributed by atoms with Crippen molar-refractivity contribution >= 4 is 5.91 Å². The highest BCUT2D eigenvalue weighted by molar-refractivity contribution is 5.73. The van der Waals surface area contributed by atoms with Crippen molar-refractivity contribution in [1.29, 1.82) is 0 Å². The van der Waals surface area contributed by atoms with Crippen LogP contribution in [0.15, 0.2) is 12.7 Å². The number of hydrogen-bond acceptors (Lipinski definition) is 1. The predicted octanol–water partition coefficient (Wildman–Crippen LogP) is 3.17. The molecule has 0 unspecified atom stereocenters. The molecule has 0 aromatic rings. The van der Waals surface area contributed by atoms with E-state index in [9.17, 15) is 4.79 Å². The maximum absolute atomic E-state index is 10.4. The Morgan fingerprint density at radius 1 is 1.00 bits per heavy atom. The number of primary amides is 1. The van der Waals surface area contributed by atoms with Gasteiger partial charge in [0.25, 0.3) is 0 Å². The largest absolute Gasteiger partial charge is 0.370 e. The zero-order valence-electron chi connectivity index (χ0n) is 9.13. The molecule has 0 radical (unpaired) electrons. The Kier molecular flexibility index (Phi) is 9.71. The molecular formula is C12H23NO. The van der Waals surface area contributed by atoms with Crippen molar-refractivity contribution in [2.75, 3.05) is 0 Å². The molecule has 2 N–H and O–H groups in total. The van der Waals surface area contributed by atoms with Crippen molar-refractivity contribution in [3.05, 3.63) is 12.7 Å². The van der Waals surface area contributed by atoms with Crippen LogP contribution in [0.2, 0.25) is 0 Å². The summed E-state index contributed by atoms with van der Waals surface area (Å²) in [7, 11) is 0. The Morgan fingerprint density at radius 3 is 2.00 bits per heavy atom. The summed E-state index contributed by atoms with van der Waals surface area (Å²) in [6.45, 7) is 3.69. The molecule has 82 valence electrons. The molecule has 0 saturated heterocycles. The number of nitrogens with two attached hydrogens (primary N) is 1. The van der Waals surface area contributed by atoms with Crippen molar-refractivity contribution in [3.63, 3.8) is 0 Å². The normalized spacial score (nSPS) is 10.0. The van der Waals surface area contributed by atoms with Crippen LogP contribution in [0.25, 0.3) is 0 Å². The molecule has 0 aromatic carbocycles. The zero-order valence-corrected chi connectivity index (χ0v) is 9.13.